The van der Waals surface area contributed by atoms with Crippen LogP contribution in [0.3, 0.4) is 0 Å². The molecule has 1 heterocycles. The molecule has 0 bridgehead atoms. The largest absolute Gasteiger partial charge is 0.507 e. The zero-order valence-electron chi connectivity index (χ0n) is 15.6. The number of nitrogens with zero attached hydrogens (tertiary/aromatic N) is 1. The third kappa shape index (κ3) is 2.51. The Labute approximate surface area is 153 Å². The molecule has 0 spiro atoms. The number of phenols is 1. The van der Waals surface area contributed by atoms with Gasteiger partial charge in [-0.25, -0.2) is 0 Å². The maximum absolute atomic E-state index is 10.8. The summed E-state index contributed by atoms with van der Waals surface area (Å²) in [5.74, 6) is 0.681. The number of furan rings is 1. The highest BCUT2D eigenvalue weighted by Gasteiger charge is 2.20. The molecule has 0 unspecified atom stereocenters. The minimum atomic E-state index is 0.271. The number of hydrogen-bond donors (Lipinski definition) is 1. The SMILES string of the molecule is CC(C)c1ccc(N(C)C)c(-c2c(O)ccc3oc4ccccc4c23)c1. The van der Waals surface area contributed by atoms with E-state index in [0.717, 1.165) is 38.8 Å². The summed E-state index contributed by atoms with van der Waals surface area (Å²) in [5, 5.41) is 12.8. The molecular formula is C23H23NO2. The maximum Gasteiger partial charge on any atom is 0.136 e. The fraction of sp³-hybridized carbons (Fsp3) is 0.217. The lowest BCUT2D eigenvalue weighted by molar-refractivity contribution is 0.478. The fourth-order valence-corrected chi connectivity index (χ4v) is 3.58. The fourth-order valence-electron chi connectivity index (χ4n) is 3.58. The van der Waals surface area contributed by atoms with Crippen molar-refractivity contribution in [2.24, 2.45) is 0 Å². The van der Waals surface area contributed by atoms with Crippen molar-refractivity contribution in [3.63, 3.8) is 0 Å². The monoisotopic (exact) mass is 345 g/mol. The Bertz CT molecular complexity index is 1110. The Kier molecular flexibility index (Phi) is 3.87. The lowest BCUT2D eigenvalue weighted by Gasteiger charge is -2.21. The van der Waals surface area contributed by atoms with Crippen LogP contribution in [-0.2, 0) is 0 Å². The maximum atomic E-state index is 10.8. The van der Waals surface area contributed by atoms with Crippen molar-refractivity contribution in [2.45, 2.75) is 19.8 Å². The summed E-state index contributed by atoms with van der Waals surface area (Å²) in [4.78, 5) is 2.08. The summed E-state index contributed by atoms with van der Waals surface area (Å²) in [6, 6.07) is 18.0. The molecular weight excluding hydrogens is 322 g/mol. The van der Waals surface area contributed by atoms with Crippen LogP contribution in [0.2, 0.25) is 0 Å². The van der Waals surface area contributed by atoms with E-state index in [9.17, 15) is 5.11 Å². The molecule has 0 aliphatic heterocycles. The normalized spacial score (nSPS) is 11.6. The second-order valence-electron chi connectivity index (χ2n) is 7.26. The van der Waals surface area contributed by atoms with Crippen molar-refractivity contribution in [3.8, 4) is 16.9 Å². The minimum absolute atomic E-state index is 0.271. The first-order valence-electron chi connectivity index (χ1n) is 8.92. The minimum Gasteiger partial charge on any atom is -0.507 e. The Morgan fingerprint density at radius 3 is 2.42 bits per heavy atom. The van der Waals surface area contributed by atoms with Gasteiger partial charge in [0, 0.05) is 41.7 Å². The Morgan fingerprint density at radius 1 is 0.923 bits per heavy atom. The molecule has 3 aromatic carbocycles. The van der Waals surface area contributed by atoms with Crippen LogP contribution in [0.15, 0.2) is 59.0 Å². The van der Waals surface area contributed by atoms with Crippen LogP contribution < -0.4 is 4.90 Å². The number of hydrogen-bond acceptors (Lipinski definition) is 3. The van der Waals surface area contributed by atoms with Gasteiger partial charge in [-0.3, -0.25) is 0 Å². The van der Waals surface area contributed by atoms with Crippen molar-refractivity contribution >= 4 is 27.6 Å². The smallest absolute Gasteiger partial charge is 0.136 e. The highest BCUT2D eigenvalue weighted by atomic mass is 16.3. The van der Waals surface area contributed by atoms with Gasteiger partial charge in [0.15, 0.2) is 0 Å². The molecule has 4 rings (SSSR count). The van der Waals surface area contributed by atoms with E-state index in [-0.39, 0.29) is 5.75 Å². The number of aromatic hydroxyl groups is 1. The standard InChI is InChI=1S/C23H23NO2/c1-14(2)15-9-10-18(24(3)4)17(13-15)22-19(25)11-12-21-23(22)16-7-5-6-8-20(16)26-21/h5-14,25H,1-4H3. The summed E-state index contributed by atoms with van der Waals surface area (Å²) in [5.41, 5.74) is 5.80. The molecule has 4 aromatic rings. The van der Waals surface area contributed by atoms with Gasteiger partial charge in [0.2, 0.25) is 0 Å². The number of fused-ring (bicyclic) bond motifs is 3. The van der Waals surface area contributed by atoms with E-state index in [4.69, 9.17) is 4.42 Å². The van der Waals surface area contributed by atoms with Crippen LogP contribution in [0.25, 0.3) is 33.1 Å². The summed E-state index contributed by atoms with van der Waals surface area (Å²) in [6.45, 7) is 4.37. The van der Waals surface area contributed by atoms with Crippen LogP contribution in [0, 0.1) is 0 Å². The number of anilines is 1. The van der Waals surface area contributed by atoms with E-state index in [0.29, 0.717) is 5.92 Å². The summed E-state index contributed by atoms with van der Waals surface area (Å²) >= 11 is 0. The van der Waals surface area contributed by atoms with Gasteiger partial charge in [0.1, 0.15) is 16.9 Å². The van der Waals surface area contributed by atoms with Gasteiger partial charge in [-0.05, 0) is 41.8 Å². The van der Waals surface area contributed by atoms with Gasteiger partial charge >= 0.3 is 0 Å². The van der Waals surface area contributed by atoms with E-state index < -0.39 is 0 Å². The third-order valence-electron chi connectivity index (χ3n) is 4.96. The molecule has 132 valence electrons. The molecule has 26 heavy (non-hydrogen) atoms. The van der Waals surface area contributed by atoms with Gasteiger partial charge in [-0.15, -0.1) is 0 Å². The third-order valence-corrected chi connectivity index (χ3v) is 4.96. The lowest BCUT2D eigenvalue weighted by atomic mass is 9.92. The van der Waals surface area contributed by atoms with E-state index >= 15 is 0 Å². The van der Waals surface area contributed by atoms with Gasteiger partial charge in [0.25, 0.3) is 0 Å². The summed E-state index contributed by atoms with van der Waals surface area (Å²) < 4.78 is 6.02. The topological polar surface area (TPSA) is 36.6 Å². The van der Waals surface area contributed by atoms with Gasteiger partial charge in [-0.1, -0.05) is 38.1 Å². The first-order chi connectivity index (χ1) is 12.5. The Hall–Kier alpha value is -2.94. The summed E-state index contributed by atoms with van der Waals surface area (Å²) in [6.07, 6.45) is 0. The second kappa shape index (κ2) is 6.10. The highest BCUT2D eigenvalue weighted by Crippen LogP contribution is 2.45. The van der Waals surface area contributed by atoms with Crippen molar-refractivity contribution in [1.82, 2.24) is 0 Å². The molecule has 0 amide bonds. The molecule has 0 aliphatic rings. The van der Waals surface area contributed by atoms with Crippen molar-refractivity contribution in [2.75, 3.05) is 19.0 Å². The Balaban J connectivity index is 2.14. The zero-order valence-corrected chi connectivity index (χ0v) is 15.6. The molecule has 3 nitrogen and oxygen atoms in total. The molecule has 3 heteroatoms. The molecule has 1 N–H and O–H groups in total. The average Bonchev–Trinajstić information content (AvgIpc) is 2.99. The lowest BCUT2D eigenvalue weighted by Crippen LogP contribution is -2.10. The molecule has 0 atom stereocenters. The van der Waals surface area contributed by atoms with Crippen LogP contribution >= 0.6 is 0 Å². The van der Waals surface area contributed by atoms with E-state index in [1.54, 1.807) is 6.07 Å². The van der Waals surface area contributed by atoms with Crippen molar-refractivity contribution in [1.29, 1.82) is 0 Å². The first kappa shape index (κ1) is 16.5. The van der Waals surface area contributed by atoms with Crippen molar-refractivity contribution < 1.29 is 9.52 Å². The van der Waals surface area contributed by atoms with E-state index in [2.05, 4.69) is 36.9 Å². The quantitative estimate of drug-likeness (QED) is 0.484. The molecule has 0 radical (unpaired) electrons. The molecule has 0 saturated carbocycles. The number of rotatable bonds is 3. The number of benzene rings is 3. The molecule has 1 aromatic heterocycles. The predicted octanol–water partition coefficient (Wildman–Crippen LogP) is 6.15. The Morgan fingerprint density at radius 2 is 1.69 bits per heavy atom. The van der Waals surface area contributed by atoms with Crippen LogP contribution in [0.4, 0.5) is 5.69 Å². The van der Waals surface area contributed by atoms with Crippen LogP contribution in [0.1, 0.15) is 25.3 Å². The zero-order chi connectivity index (χ0) is 18.4. The van der Waals surface area contributed by atoms with Gasteiger partial charge in [-0.2, -0.15) is 0 Å². The predicted molar refractivity (Wildman–Crippen MR) is 109 cm³/mol. The second-order valence-corrected chi connectivity index (χ2v) is 7.26. The van der Waals surface area contributed by atoms with E-state index in [1.807, 2.05) is 44.4 Å². The average molecular weight is 345 g/mol. The molecule has 0 fully saturated rings. The highest BCUT2D eigenvalue weighted by molar-refractivity contribution is 6.15. The molecule has 0 saturated heterocycles. The first-order valence-corrected chi connectivity index (χ1v) is 8.92. The van der Waals surface area contributed by atoms with Gasteiger partial charge < -0.3 is 14.4 Å². The van der Waals surface area contributed by atoms with Crippen LogP contribution in [0.5, 0.6) is 5.75 Å². The molecule has 0 aliphatic carbocycles. The number of phenolic OH excluding ortho intramolecular Hbond substituents is 1. The number of para-hydroxylation sites is 1. The van der Waals surface area contributed by atoms with Crippen LogP contribution in [-0.4, -0.2) is 19.2 Å². The van der Waals surface area contributed by atoms with E-state index in [1.165, 1.54) is 5.56 Å². The van der Waals surface area contributed by atoms with Crippen molar-refractivity contribution in [3.05, 3.63) is 60.2 Å². The summed E-state index contributed by atoms with van der Waals surface area (Å²) in [7, 11) is 4.05. The van der Waals surface area contributed by atoms with Gasteiger partial charge in [0.05, 0.1) is 0 Å².